The number of halogens is 1. The van der Waals surface area contributed by atoms with Crippen LogP contribution in [-0.4, -0.2) is 33.2 Å². The fourth-order valence-electron chi connectivity index (χ4n) is 2.81. The van der Waals surface area contributed by atoms with E-state index in [1.54, 1.807) is 19.1 Å². The number of aromatic nitrogens is 2. The summed E-state index contributed by atoms with van der Waals surface area (Å²) in [6, 6.07) is 11.1. The molecule has 1 aromatic heterocycles. The van der Waals surface area contributed by atoms with E-state index in [1.165, 1.54) is 29.1 Å². The predicted molar refractivity (Wildman–Crippen MR) is 103 cm³/mol. The van der Waals surface area contributed by atoms with E-state index in [-0.39, 0.29) is 35.4 Å². The zero-order valence-corrected chi connectivity index (χ0v) is 15.5. The molecule has 6 nitrogen and oxygen atoms in total. The van der Waals surface area contributed by atoms with Crippen molar-refractivity contribution in [3.63, 3.8) is 0 Å². The van der Waals surface area contributed by atoms with E-state index in [0.29, 0.717) is 18.6 Å². The Hall–Kier alpha value is -3.06. The summed E-state index contributed by atoms with van der Waals surface area (Å²) in [5.41, 5.74) is 0.962. The van der Waals surface area contributed by atoms with Gasteiger partial charge < -0.3 is 14.6 Å². The number of fused-ring (bicyclic) bond motifs is 1. The molecule has 0 spiro atoms. The van der Waals surface area contributed by atoms with Crippen LogP contribution in [0.4, 0.5) is 4.39 Å². The Morgan fingerprint density at radius 2 is 2.00 bits per heavy atom. The van der Waals surface area contributed by atoms with E-state index in [2.05, 4.69) is 4.98 Å². The molecule has 2 aromatic carbocycles. The summed E-state index contributed by atoms with van der Waals surface area (Å²) < 4.78 is 20.1. The van der Waals surface area contributed by atoms with Gasteiger partial charge in [-0.05, 0) is 43.2 Å². The Morgan fingerprint density at radius 3 is 2.71 bits per heavy atom. The molecule has 7 heteroatoms. The van der Waals surface area contributed by atoms with Crippen molar-refractivity contribution in [2.75, 3.05) is 6.61 Å². The van der Waals surface area contributed by atoms with E-state index in [9.17, 15) is 19.1 Å². The van der Waals surface area contributed by atoms with Crippen LogP contribution in [0.5, 0.6) is 5.75 Å². The van der Waals surface area contributed by atoms with E-state index < -0.39 is 11.9 Å². The second-order valence-corrected chi connectivity index (χ2v) is 6.67. The van der Waals surface area contributed by atoms with Crippen molar-refractivity contribution in [2.24, 2.45) is 0 Å². The van der Waals surface area contributed by atoms with Crippen molar-refractivity contribution >= 4 is 16.7 Å². The molecular formula is C21H21FN2O4. The van der Waals surface area contributed by atoms with E-state index in [4.69, 9.17) is 4.74 Å². The van der Waals surface area contributed by atoms with Gasteiger partial charge in [-0.3, -0.25) is 9.36 Å². The summed E-state index contributed by atoms with van der Waals surface area (Å²) in [6.07, 6.45) is 1.55. The van der Waals surface area contributed by atoms with Gasteiger partial charge in [0.2, 0.25) is 0 Å². The number of aryl methyl sites for hydroxylation is 1. The Morgan fingerprint density at radius 1 is 1.25 bits per heavy atom. The molecule has 1 atom stereocenters. The third-order valence-electron chi connectivity index (χ3n) is 4.33. The highest BCUT2D eigenvalue weighted by molar-refractivity contribution is 5.77. The second-order valence-electron chi connectivity index (χ2n) is 6.67. The number of ether oxygens (including phenoxy) is 1. The molecule has 146 valence electrons. The topological polar surface area (TPSA) is 81.4 Å². The molecule has 1 heterocycles. The summed E-state index contributed by atoms with van der Waals surface area (Å²) in [7, 11) is 0. The number of carbonyl (C=O) groups is 1. The van der Waals surface area contributed by atoms with Crippen LogP contribution in [0.3, 0.4) is 0 Å². The van der Waals surface area contributed by atoms with Gasteiger partial charge in [-0.15, -0.1) is 0 Å². The van der Waals surface area contributed by atoms with Crippen LogP contribution in [0, 0.1) is 5.82 Å². The molecule has 0 amide bonds. The summed E-state index contributed by atoms with van der Waals surface area (Å²) >= 11 is 0. The van der Waals surface area contributed by atoms with Crippen molar-refractivity contribution < 1.29 is 19.0 Å². The molecule has 0 aliphatic carbocycles. The quantitative estimate of drug-likeness (QED) is 0.645. The van der Waals surface area contributed by atoms with Gasteiger partial charge in [0.15, 0.2) is 0 Å². The first-order valence-electron chi connectivity index (χ1n) is 8.96. The number of ketones is 1. The standard InChI is InChI=1S/C21H21FN2O4/c1-14(25)2-3-15-4-7-18(8-5-15)28-12-17(26)11-24-13-23-20-10-16(22)6-9-19(20)21(24)27/h4-10,13,17,26H,2-3,11-12H2,1H3/t17-/m1/s1. The highest BCUT2D eigenvalue weighted by Gasteiger charge is 2.11. The van der Waals surface area contributed by atoms with Gasteiger partial charge in [0.1, 0.15) is 30.1 Å². The fraction of sp³-hybridized carbons (Fsp3) is 0.286. The number of hydrogen-bond acceptors (Lipinski definition) is 5. The van der Waals surface area contributed by atoms with Gasteiger partial charge in [0.05, 0.1) is 23.8 Å². The average molecular weight is 384 g/mol. The summed E-state index contributed by atoms with van der Waals surface area (Å²) in [6.45, 7) is 1.57. The maximum absolute atomic E-state index is 13.2. The largest absolute Gasteiger partial charge is 0.491 e. The fourth-order valence-corrected chi connectivity index (χ4v) is 2.81. The Bertz CT molecular complexity index is 1030. The first-order valence-corrected chi connectivity index (χ1v) is 8.96. The summed E-state index contributed by atoms with van der Waals surface area (Å²) in [5, 5.41) is 10.5. The Kier molecular flexibility index (Phi) is 6.16. The number of hydrogen-bond donors (Lipinski definition) is 1. The lowest BCUT2D eigenvalue weighted by atomic mass is 10.1. The van der Waals surface area contributed by atoms with Gasteiger partial charge in [-0.1, -0.05) is 12.1 Å². The van der Waals surface area contributed by atoms with E-state index in [0.717, 1.165) is 5.56 Å². The lowest BCUT2D eigenvalue weighted by Gasteiger charge is -2.14. The van der Waals surface area contributed by atoms with Crippen LogP contribution in [0.2, 0.25) is 0 Å². The van der Waals surface area contributed by atoms with Gasteiger partial charge in [0.25, 0.3) is 5.56 Å². The molecule has 0 saturated heterocycles. The molecule has 0 unspecified atom stereocenters. The van der Waals surface area contributed by atoms with Crippen LogP contribution in [0.25, 0.3) is 10.9 Å². The van der Waals surface area contributed by atoms with Crippen LogP contribution in [0.1, 0.15) is 18.9 Å². The number of rotatable bonds is 8. The number of aliphatic hydroxyl groups is 1. The molecule has 0 radical (unpaired) electrons. The monoisotopic (exact) mass is 384 g/mol. The van der Waals surface area contributed by atoms with Crippen molar-refractivity contribution in [1.29, 1.82) is 0 Å². The minimum Gasteiger partial charge on any atom is -0.491 e. The molecule has 28 heavy (non-hydrogen) atoms. The van der Waals surface area contributed by atoms with E-state index in [1.807, 2.05) is 12.1 Å². The third-order valence-corrected chi connectivity index (χ3v) is 4.33. The van der Waals surface area contributed by atoms with Crippen molar-refractivity contribution in [3.8, 4) is 5.75 Å². The summed E-state index contributed by atoms with van der Waals surface area (Å²) in [4.78, 5) is 27.5. The van der Waals surface area contributed by atoms with Crippen LogP contribution in [-0.2, 0) is 17.8 Å². The first kappa shape index (κ1) is 19.7. The number of carbonyl (C=O) groups excluding carboxylic acids is 1. The number of Topliss-reactive ketones (excluding diaryl/α,β-unsaturated/α-hetero) is 1. The van der Waals surface area contributed by atoms with Gasteiger partial charge in [-0.25, -0.2) is 9.37 Å². The number of aliphatic hydroxyl groups excluding tert-OH is 1. The zero-order valence-electron chi connectivity index (χ0n) is 15.5. The molecule has 0 bridgehead atoms. The second kappa shape index (κ2) is 8.75. The predicted octanol–water partition coefficient (Wildman–Crippen LogP) is 2.50. The highest BCUT2D eigenvalue weighted by atomic mass is 19.1. The van der Waals surface area contributed by atoms with E-state index >= 15 is 0 Å². The number of benzene rings is 2. The Balaban J connectivity index is 1.58. The Labute approximate surface area is 161 Å². The maximum atomic E-state index is 13.2. The smallest absolute Gasteiger partial charge is 0.261 e. The number of nitrogens with zero attached hydrogens (tertiary/aromatic N) is 2. The molecule has 1 N–H and O–H groups in total. The molecule has 0 saturated carbocycles. The maximum Gasteiger partial charge on any atom is 0.261 e. The third kappa shape index (κ3) is 5.01. The van der Waals surface area contributed by atoms with Crippen LogP contribution >= 0.6 is 0 Å². The van der Waals surface area contributed by atoms with Crippen molar-refractivity contribution in [1.82, 2.24) is 9.55 Å². The van der Waals surface area contributed by atoms with Gasteiger partial charge in [0, 0.05) is 12.5 Å². The molecule has 0 aliphatic heterocycles. The van der Waals surface area contributed by atoms with Crippen molar-refractivity contribution in [3.05, 3.63) is 70.5 Å². The van der Waals surface area contributed by atoms with Crippen LogP contribution < -0.4 is 10.3 Å². The minimum absolute atomic E-state index is 0.000682. The zero-order chi connectivity index (χ0) is 20.1. The van der Waals surface area contributed by atoms with Crippen LogP contribution in [0.15, 0.2) is 53.6 Å². The molecular weight excluding hydrogens is 363 g/mol. The summed E-state index contributed by atoms with van der Waals surface area (Å²) in [5.74, 6) is 0.273. The minimum atomic E-state index is -0.921. The molecule has 3 aromatic rings. The van der Waals surface area contributed by atoms with Gasteiger partial charge in [-0.2, -0.15) is 0 Å². The first-order chi connectivity index (χ1) is 13.4. The lowest BCUT2D eigenvalue weighted by Crippen LogP contribution is -2.30. The molecule has 3 rings (SSSR count). The van der Waals surface area contributed by atoms with Crippen molar-refractivity contribution in [2.45, 2.75) is 32.4 Å². The van der Waals surface area contributed by atoms with Gasteiger partial charge >= 0.3 is 0 Å². The normalized spacial score (nSPS) is 12.1. The SMILES string of the molecule is CC(=O)CCc1ccc(OC[C@H](O)Cn2cnc3cc(F)ccc3c2=O)cc1. The highest BCUT2D eigenvalue weighted by Crippen LogP contribution is 2.14. The lowest BCUT2D eigenvalue weighted by molar-refractivity contribution is -0.116. The molecule has 0 fully saturated rings. The molecule has 0 aliphatic rings. The average Bonchev–Trinajstić information content (AvgIpc) is 2.67.